The fourth-order valence-corrected chi connectivity index (χ4v) is 3.58. The minimum Gasteiger partial charge on any atom is -0.495 e. The highest BCUT2D eigenvalue weighted by atomic mass is 35.5. The molecule has 9 heteroatoms. The van der Waals surface area contributed by atoms with Gasteiger partial charge in [0.1, 0.15) is 11.6 Å². The fraction of sp³-hybridized carbons (Fsp3) is 0.455. The average Bonchev–Trinajstić information content (AvgIpc) is 2.81. The van der Waals surface area contributed by atoms with Gasteiger partial charge in [-0.1, -0.05) is 12.1 Å². The minimum atomic E-state index is -0.222. The number of aromatic nitrogens is 1. The van der Waals surface area contributed by atoms with Crippen molar-refractivity contribution in [3.63, 3.8) is 0 Å². The molecule has 1 aromatic carbocycles. The van der Waals surface area contributed by atoms with Gasteiger partial charge in [-0.3, -0.25) is 14.5 Å². The lowest BCUT2D eigenvalue weighted by molar-refractivity contribution is -0.0756. The van der Waals surface area contributed by atoms with E-state index in [0.717, 1.165) is 57.1 Å². The van der Waals surface area contributed by atoms with Crippen LogP contribution in [0.4, 0.5) is 11.5 Å². The zero-order valence-corrected chi connectivity index (χ0v) is 19.2. The normalized spacial score (nSPS) is 14.0. The van der Waals surface area contributed by atoms with E-state index in [9.17, 15) is 4.79 Å². The van der Waals surface area contributed by atoms with Crippen molar-refractivity contribution in [1.82, 2.24) is 14.9 Å². The van der Waals surface area contributed by atoms with Crippen LogP contribution in [0.5, 0.6) is 5.75 Å². The van der Waals surface area contributed by atoms with E-state index in [4.69, 9.17) is 9.57 Å². The molecule has 1 aliphatic heterocycles. The molecule has 1 aromatic heterocycles. The lowest BCUT2D eigenvalue weighted by Gasteiger charge is -2.36. The Kier molecular flexibility index (Phi) is 9.84. The molecule has 0 aliphatic carbocycles. The molecule has 1 amide bonds. The number of rotatable bonds is 9. The zero-order chi connectivity index (χ0) is 21.3. The van der Waals surface area contributed by atoms with Crippen LogP contribution in [0.25, 0.3) is 0 Å². The number of methoxy groups -OCH3 is 1. The molecular weight excluding hydrogens is 418 g/mol. The first kappa shape index (κ1) is 24.7. The number of halogens is 1. The summed E-state index contributed by atoms with van der Waals surface area (Å²) in [6.07, 6.45) is 2.65. The molecule has 0 spiro atoms. The molecule has 0 saturated carbocycles. The number of nitrogens with zero attached hydrogens (tertiary/aromatic N) is 4. The SMILES string of the molecule is COc1ccccc1N1CCN(CCCNc2ncccc2C(=O)N(C)OC)CC1.Cl. The van der Waals surface area contributed by atoms with Crippen molar-refractivity contribution in [2.75, 3.05) is 70.8 Å². The molecule has 2 aromatic rings. The van der Waals surface area contributed by atoms with Crippen molar-refractivity contribution < 1.29 is 14.4 Å². The van der Waals surface area contributed by atoms with Gasteiger partial charge in [-0.15, -0.1) is 12.4 Å². The molecule has 8 nitrogen and oxygen atoms in total. The topological polar surface area (TPSA) is 70.2 Å². The van der Waals surface area contributed by atoms with Gasteiger partial charge in [-0.2, -0.15) is 0 Å². The average molecular weight is 450 g/mol. The second kappa shape index (κ2) is 12.3. The summed E-state index contributed by atoms with van der Waals surface area (Å²) in [4.78, 5) is 26.5. The number of nitrogens with one attached hydrogen (secondary N) is 1. The van der Waals surface area contributed by atoms with E-state index in [1.165, 1.54) is 12.2 Å². The Morgan fingerprint density at radius 1 is 1.13 bits per heavy atom. The van der Waals surface area contributed by atoms with Crippen molar-refractivity contribution in [2.24, 2.45) is 0 Å². The number of hydrogen-bond donors (Lipinski definition) is 1. The number of hydroxylamine groups is 2. The Morgan fingerprint density at radius 3 is 2.58 bits per heavy atom. The standard InChI is InChI=1S/C22H31N5O3.ClH/c1-25(30-3)22(28)18-8-6-11-23-21(18)24-12-7-13-26-14-16-27(17-15-26)19-9-4-5-10-20(19)29-2;/h4-6,8-11H,7,12-17H2,1-3H3,(H,23,24);1H. The van der Waals surface area contributed by atoms with Crippen molar-refractivity contribution in [3.8, 4) is 5.75 Å². The van der Waals surface area contributed by atoms with Gasteiger partial charge in [-0.05, 0) is 37.2 Å². The van der Waals surface area contributed by atoms with Crippen LogP contribution < -0.4 is 15.0 Å². The maximum atomic E-state index is 12.4. The third kappa shape index (κ3) is 6.46. The van der Waals surface area contributed by atoms with Gasteiger partial charge in [0.05, 0.1) is 25.5 Å². The van der Waals surface area contributed by atoms with Gasteiger partial charge in [0, 0.05) is 46.0 Å². The Bertz CT molecular complexity index is 830. The highest BCUT2D eigenvalue weighted by Crippen LogP contribution is 2.28. The summed E-state index contributed by atoms with van der Waals surface area (Å²) in [5.74, 6) is 1.29. The van der Waals surface area contributed by atoms with Crippen molar-refractivity contribution in [1.29, 1.82) is 0 Å². The van der Waals surface area contributed by atoms with Gasteiger partial charge >= 0.3 is 0 Å². The molecule has 0 atom stereocenters. The van der Waals surface area contributed by atoms with E-state index in [0.29, 0.717) is 11.4 Å². The third-order valence-corrected chi connectivity index (χ3v) is 5.34. The molecule has 0 unspecified atom stereocenters. The third-order valence-electron chi connectivity index (χ3n) is 5.34. The molecule has 170 valence electrons. The molecule has 0 radical (unpaired) electrons. The van der Waals surface area contributed by atoms with Crippen LogP contribution in [0.1, 0.15) is 16.8 Å². The summed E-state index contributed by atoms with van der Waals surface area (Å²) < 4.78 is 5.49. The molecule has 1 aliphatic rings. The van der Waals surface area contributed by atoms with Crippen molar-refractivity contribution in [2.45, 2.75) is 6.42 Å². The molecule has 31 heavy (non-hydrogen) atoms. The predicted octanol–water partition coefficient (Wildman–Crippen LogP) is 2.77. The number of ether oxygens (including phenoxy) is 1. The maximum absolute atomic E-state index is 12.4. The van der Waals surface area contributed by atoms with Gasteiger partial charge in [0.25, 0.3) is 5.91 Å². The lowest BCUT2D eigenvalue weighted by Crippen LogP contribution is -2.47. The number of pyridine rings is 1. The Balaban J connectivity index is 0.00000341. The Labute approximate surface area is 190 Å². The monoisotopic (exact) mass is 449 g/mol. The number of amides is 1. The Morgan fingerprint density at radius 2 is 1.87 bits per heavy atom. The van der Waals surface area contributed by atoms with E-state index in [1.807, 2.05) is 12.1 Å². The summed E-state index contributed by atoms with van der Waals surface area (Å²) in [7, 11) is 4.77. The van der Waals surface area contributed by atoms with Gasteiger partial charge in [0.15, 0.2) is 0 Å². The summed E-state index contributed by atoms with van der Waals surface area (Å²) in [6.45, 7) is 5.75. The van der Waals surface area contributed by atoms with Crippen LogP contribution in [0, 0.1) is 0 Å². The minimum absolute atomic E-state index is 0. The summed E-state index contributed by atoms with van der Waals surface area (Å²) in [6, 6.07) is 11.7. The van der Waals surface area contributed by atoms with E-state index in [1.54, 1.807) is 32.5 Å². The molecule has 1 saturated heterocycles. The number of hydrogen-bond acceptors (Lipinski definition) is 7. The zero-order valence-electron chi connectivity index (χ0n) is 18.4. The van der Waals surface area contributed by atoms with Crippen LogP contribution in [-0.2, 0) is 4.84 Å². The first-order valence-electron chi connectivity index (χ1n) is 10.3. The van der Waals surface area contributed by atoms with Crippen LogP contribution in [0.2, 0.25) is 0 Å². The number of benzene rings is 1. The summed E-state index contributed by atoms with van der Waals surface area (Å²) in [5, 5.41) is 4.49. The molecule has 1 fully saturated rings. The van der Waals surface area contributed by atoms with Crippen molar-refractivity contribution >= 4 is 29.8 Å². The number of carbonyl (C=O) groups is 1. The van der Waals surface area contributed by atoms with Crippen molar-refractivity contribution in [3.05, 3.63) is 48.2 Å². The number of piperazine rings is 1. The largest absolute Gasteiger partial charge is 0.495 e. The van der Waals surface area contributed by atoms with E-state index in [2.05, 4.69) is 32.2 Å². The predicted molar refractivity (Wildman–Crippen MR) is 125 cm³/mol. The lowest BCUT2D eigenvalue weighted by atomic mass is 10.2. The second-order valence-electron chi connectivity index (χ2n) is 7.17. The second-order valence-corrected chi connectivity index (χ2v) is 7.17. The Hall–Kier alpha value is -2.55. The summed E-state index contributed by atoms with van der Waals surface area (Å²) >= 11 is 0. The number of para-hydroxylation sites is 2. The van der Waals surface area contributed by atoms with Gasteiger partial charge in [0.2, 0.25) is 0 Å². The van der Waals surface area contributed by atoms with Crippen LogP contribution in [0.15, 0.2) is 42.6 Å². The quantitative estimate of drug-likeness (QED) is 0.466. The van der Waals surface area contributed by atoms with E-state index >= 15 is 0 Å². The molecule has 1 N–H and O–H groups in total. The summed E-state index contributed by atoms with van der Waals surface area (Å²) in [5.41, 5.74) is 1.67. The number of carbonyl (C=O) groups excluding carboxylic acids is 1. The molecule has 3 rings (SSSR count). The highest BCUT2D eigenvalue weighted by molar-refractivity contribution is 5.97. The smallest absolute Gasteiger partial charge is 0.280 e. The van der Waals surface area contributed by atoms with E-state index < -0.39 is 0 Å². The van der Waals surface area contributed by atoms with Gasteiger partial charge < -0.3 is 15.0 Å². The van der Waals surface area contributed by atoms with Crippen LogP contribution >= 0.6 is 12.4 Å². The van der Waals surface area contributed by atoms with Crippen LogP contribution in [0.3, 0.4) is 0 Å². The first-order valence-corrected chi connectivity index (χ1v) is 10.3. The van der Waals surface area contributed by atoms with E-state index in [-0.39, 0.29) is 18.3 Å². The first-order chi connectivity index (χ1) is 14.6. The number of anilines is 2. The molecular formula is C22H32ClN5O3. The van der Waals surface area contributed by atoms with Gasteiger partial charge in [-0.25, -0.2) is 10.0 Å². The maximum Gasteiger partial charge on any atom is 0.280 e. The highest BCUT2D eigenvalue weighted by Gasteiger charge is 2.19. The molecule has 2 heterocycles. The van der Waals surface area contributed by atoms with Crippen LogP contribution in [-0.4, -0.2) is 81.4 Å². The molecule has 0 bridgehead atoms. The fourth-order valence-electron chi connectivity index (χ4n) is 3.58.